The lowest BCUT2D eigenvalue weighted by Gasteiger charge is -2.04. The molecule has 80 valence electrons. The van der Waals surface area contributed by atoms with Crippen LogP contribution in [-0.4, -0.2) is 30.0 Å². The molecular weight excluding hydrogens is 198 g/mol. The van der Waals surface area contributed by atoms with E-state index in [0.29, 0.717) is 11.3 Å². The summed E-state index contributed by atoms with van der Waals surface area (Å²) in [6.07, 6.45) is 0. The molecule has 0 atom stereocenters. The first-order valence-corrected chi connectivity index (χ1v) is 4.31. The van der Waals surface area contributed by atoms with Crippen LogP contribution in [0.5, 0.6) is 5.75 Å². The van der Waals surface area contributed by atoms with Crippen molar-refractivity contribution in [1.82, 2.24) is 0 Å². The van der Waals surface area contributed by atoms with Gasteiger partial charge in [-0.3, -0.25) is 4.79 Å². The number of hydrogen-bond donors (Lipinski definition) is 2. The summed E-state index contributed by atoms with van der Waals surface area (Å²) in [5.74, 6) is -0.932. The Morgan fingerprint density at radius 2 is 2.13 bits per heavy atom. The first-order chi connectivity index (χ1) is 7.13. The van der Waals surface area contributed by atoms with Crippen LogP contribution in [0.2, 0.25) is 0 Å². The average molecular weight is 209 g/mol. The molecule has 0 saturated heterocycles. The number of benzene rings is 1. The Balaban J connectivity index is 2.74. The van der Waals surface area contributed by atoms with Gasteiger partial charge in [0.1, 0.15) is 5.75 Å². The number of carboxylic acid groups (broad SMARTS) is 1. The van der Waals surface area contributed by atoms with E-state index in [0.717, 1.165) is 0 Å². The van der Waals surface area contributed by atoms with Crippen LogP contribution in [0.25, 0.3) is 0 Å². The molecule has 0 aromatic heterocycles. The second-order valence-electron chi connectivity index (χ2n) is 2.84. The minimum atomic E-state index is -1.06. The van der Waals surface area contributed by atoms with Crippen LogP contribution < -0.4 is 10.5 Å². The van der Waals surface area contributed by atoms with E-state index in [9.17, 15) is 9.59 Å². The molecule has 1 rings (SSSR count). The number of ketones is 1. The predicted octanol–water partition coefficient (Wildman–Crippen LogP) is 0.291. The zero-order valence-electron chi connectivity index (χ0n) is 7.97. The lowest BCUT2D eigenvalue weighted by atomic mass is 10.1. The molecule has 1 aromatic carbocycles. The van der Waals surface area contributed by atoms with Crippen molar-refractivity contribution in [2.45, 2.75) is 0 Å². The van der Waals surface area contributed by atoms with Gasteiger partial charge >= 0.3 is 5.97 Å². The highest BCUT2D eigenvalue weighted by Crippen LogP contribution is 2.13. The maximum atomic E-state index is 11.2. The molecule has 0 unspecified atom stereocenters. The molecule has 15 heavy (non-hydrogen) atoms. The molecule has 0 spiro atoms. The molecule has 0 aliphatic rings. The summed E-state index contributed by atoms with van der Waals surface area (Å²) in [6, 6.07) is 6.26. The number of nitrogens with two attached hydrogens (primary N) is 1. The normalized spacial score (nSPS) is 9.67. The number of Topliss-reactive ketones (excluding diaryl/α,β-unsaturated/α-hetero) is 1. The fourth-order valence-corrected chi connectivity index (χ4v) is 1.02. The Kier molecular flexibility index (Phi) is 3.82. The summed E-state index contributed by atoms with van der Waals surface area (Å²) in [6.45, 7) is -0.511. The molecule has 0 amide bonds. The van der Waals surface area contributed by atoms with E-state index in [1.165, 1.54) is 6.07 Å². The maximum Gasteiger partial charge on any atom is 0.341 e. The third-order valence-electron chi connectivity index (χ3n) is 1.70. The van der Waals surface area contributed by atoms with E-state index >= 15 is 0 Å². The van der Waals surface area contributed by atoms with Gasteiger partial charge in [0.2, 0.25) is 0 Å². The Morgan fingerprint density at radius 1 is 1.40 bits per heavy atom. The van der Waals surface area contributed by atoms with Gasteiger partial charge in [-0.1, -0.05) is 12.1 Å². The smallest absolute Gasteiger partial charge is 0.341 e. The summed E-state index contributed by atoms with van der Waals surface area (Å²) >= 11 is 0. The SMILES string of the molecule is NCC(=O)c1cccc(OCC(=O)O)c1. The largest absolute Gasteiger partial charge is 0.482 e. The van der Waals surface area contributed by atoms with E-state index in [-0.39, 0.29) is 12.3 Å². The highest BCUT2D eigenvalue weighted by molar-refractivity contribution is 5.97. The first kappa shape index (κ1) is 11.2. The number of hydrogen-bond acceptors (Lipinski definition) is 4. The zero-order valence-corrected chi connectivity index (χ0v) is 7.97. The van der Waals surface area contributed by atoms with Crippen molar-refractivity contribution >= 4 is 11.8 Å². The third kappa shape index (κ3) is 3.40. The molecule has 0 aliphatic carbocycles. The van der Waals surface area contributed by atoms with Crippen LogP contribution in [0, 0.1) is 0 Å². The van der Waals surface area contributed by atoms with Gasteiger partial charge in [0, 0.05) is 5.56 Å². The molecule has 0 bridgehead atoms. The fraction of sp³-hybridized carbons (Fsp3) is 0.200. The van der Waals surface area contributed by atoms with E-state index in [1.807, 2.05) is 0 Å². The average Bonchev–Trinajstić information content (AvgIpc) is 2.25. The minimum Gasteiger partial charge on any atom is -0.482 e. The van der Waals surface area contributed by atoms with Gasteiger partial charge in [-0.2, -0.15) is 0 Å². The van der Waals surface area contributed by atoms with Gasteiger partial charge in [0.05, 0.1) is 6.54 Å². The number of carbonyl (C=O) groups is 2. The molecule has 0 aliphatic heterocycles. The Labute approximate surface area is 86.5 Å². The van der Waals surface area contributed by atoms with E-state index in [2.05, 4.69) is 0 Å². The standard InChI is InChI=1S/C10H11NO4/c11-5-9(12)7-2-1-3-8(4-7)15-6-10(13)14/h1-4H,5-6,11H2,(H,13,14). The summed E-state index contributed by atoms with van der Waals surface area (Å²) in [5.41, 5.74) is 5.61. The molecule has 0 heterocycles. The number of aliphatic carboxylic acids is 1. The Bertz CT molecular complexity index is 375. The van der Waals surface area contributed by atoms with Crippen LogP contribution in [0.3, 0.4) is 0 Å². The van der Waals surface area contributed by atoms with Gasteiger partial charge in [-0.25, -0.2) is 4.79 Å². The molecule has 0 saturated carbocycles. The lowest BCUT2D eigenvalue weighted by molar-refractivity contribution is -0.139. The number of carbonyl (C=O) groups excluding carboxylic acids is 1. The van der Waals surface area contributed by atoms with Crippen LogP contribution >= 0.6 is 0 Å². The summed E-state index contributed by atoms with van der Waals surface area (Å²) < 4.78 is 4.91. The quantitative estimate of drug-likeness (QED) is 0.680. The molecule has 3 N–H and O–H groups in total. The first-order valence-electron chi connectivity index (χ1n) is 4.31. The third-order valence-corrected chi connectivity index (χ3v) is 1.70. The van der Waals surface area contributed by atoms with Gasteiger partial charge in [0.15, 0.2) is 12.4 Å². The monoisotopic (exact) mass is 209 g/mol. The molecule has 0 radical (unpaired) electrons. The number of ether oxygens (including phenoxy) is 1. The molecule has 5 heteroatoms. The zero-order chi connectivity index (χ0) is 11.3. The minimum absolute atomic E-state index is 0.0810. The molecule has 5 nitrogen and oxygen atoms in total. The van der Waals surface area contributed by atoms with Crippen molar-refractivity contribution in [3.05, 3.63) is 29.8 Å². The maximum absolute atomic E-state index is 11.2. The molecule has 1 aromatic rings. The Hall–Kier alpha value is -1.88. The molecular formula is C10H11NO4. The van der Waals surface area contributed by atoms with E-state index < -0.39 is 12.6 Å². The van der Waals surface area contributed by atoms with Crippen molar-refractivity contribution in [2.24, 2.45) is 5.73 Å². The lowest BCUT2D eigenvalue weighted by Crippen LogP contribution is -2.14. The van der Waals surface area contributed by atoms with Crippen LogP contribution in [0.4, 0.5) is 0 Å². The van der Waals surface area contributed by atoms with Gasteiger partial charge in [-0.05, 0) is 12.1 Å². The molecule has 0 fully saturated rings. The fourth-order valence-electron chi connectivity index (χ4n) is 1.02. The predicted molar refractivity (Wildman–Crippen MR) is 53.0 cm³/mol. The highest BCUT2D eigenvalue weighted by atomic mass is 16.5. The Morgan fingerprint density at radius 3 is 2.73 bits per heavy atom. The van der Waals surface area contributed by atoms with Crippen LogP contribution in [0.1, 0.15) is 10.4 Å². The number of carboxylic acids is 1. The van der Waals surface area contributed by atoms with E-state index in [4.69, 9.17) is 15.6 Å². The second kappa shape index (κ2) is 5.11. The van der Waals surface area contributed by atoms with Crippen molar-refractivity contribution in [3.63, 3.8) is 0 Å². The van der Waals surface area contributed by atoms with Crippen molar-refractivity contribution < 1.29 is 19.4 Å². The number of rotatable bonds is 5. The van der Waals surface area contributed by atoms with Crippen molar-refractivity contribution in [3.8, 4) is 5.75 Å². The second-order valence-corrected chi connectivity index (χ2v) is 2.84. The highest BCUT2D eigenvalue weighted by Gasteiger charge is 2.05. The van der Waals surface area contributed by atoms with Crippen LogP contribution in [-0.2, 0) is 4.79 Å². The summed E-state index contributed by atoms with van der Waals surface area (Å²) in [5, 5.41) is 8.39. The van der Waals surface area contributed by atoms with Crippen molar-refractivity contribution in [2.75, 3.05) is 13.2 Å². The summed E-state index contributed by atoms with van der Waals surface area (Å²) in [7, 11) is 0. The van der Waals surface area contributed by atoms with Gasteiger partial charge < -0.3 is 15.6 Å². The van der Waals surface area contributed by atoms with Gasteiger partial charge in [0.25, 0.3) is 0 Å². The van der Waals surface area contributed by atoms with Crippen LogP contribution in [0.15, 0.2) is 24.3 Å². The van der Waals surface area contributed by atoms with E-state index in [1.54, 1.807) is 18.2 Å². The topological polar surface area (TPSA) is 89.6 Å². The van der Waals surface area contributed by atoms with Gasteiger partial charge in [-0.15, -0.1) is 0 Å². The summed E-state index contributed by atoms with van der Waals surface area (Å²) in [4.78, 5) is 21.4. The van der Waals surface area contributed by atoms with Crippen molar-refractivity contribution in [1.29, 1.82) is 0 Å².